The van der Waals surface area contributed by atoms with Gasteiger partial charge in [0.2, 0.25) is 0 Å². The van der Waals surface area contributed by atoms with Crippen LogP contribution in [0.1, 0.15) is 34.1 Å². The number of hydrogen-bond acceptors (Lipinski definition) is 1. The van der Waals surface area contributed by atoms with Crippen LogP contribution in [0.15, 0.2) is 12.2 Å². The van der Waals surface area contributed by atoms with Crippen LogP contribution in [0.25, 0.3) is 0 Å². The minimum Gasteiger partial charge on any atom is -0.481 e. The van der Waals surface area contributed by atoms with E-state index in [-0.39, 0.29) is 5.92 Å². The first kappa shape index (κ1) is 11.2. The highest BCUT2D eigenvalue weighted by atomic mass is 16.4. The van der Waals surface area contributed by atoms with Crippen molar-refractivity contribution < 1.29 is 9.90 Å². The van der Waals surface area contributed by atoms with Crippen molar-refractivity contribution >= 4 is 5.97 Å². The highest BCUT2D eigenvalue weighted by Crippen LogP contribution is 2.31. The third kappa shape index (κ3) is 2.10. The van der Waals surface area contributed by atoms with Crippen LogP contribution in [-0.4, -0.2) is 11.1 Å². The molecular weight excluding hydrogens is 152 g/mol. The maximum Gasteiger partial charge on any atom is 0.313 e. The Balaban J connectivity index is 4.73. The molecule has 0 unspecified atom stereocenters. The summed E-state index contributed by atoms with van der Waals surface area (Å²) in [5.74, 6) is -0.568. The maximum absolute atomic E-state index is 11.0. The summed E-state index contributed by atoms with van der Waals surface area (Å²) in [7, 11) is 0. The zero-order valence-corrected chi connectivity index (χ0v) is 8.29. The van der Waals surface area contributed by atoms with Gasteiger partial charge in [-0.2, -0.15) is 0 Å². The molecule has 2 nitrogen and oxygen atoms in total. The van der Waals surface area contributed by atoms with Crippen LogP contribution in [0, 0.1) is 11.3 Å². The number of aliphatic carboxylic acids is 1. The summed E-state index contributed by atoms with van der Waals surface area (Å²) in [5.41, 5.74) is -0.705. The summed E-state index contributed by atoms with van der Waals surface area (Å²) in [5, 5.41) is 9.01. The Hall–Kier alpha value is -0.790. The molecule has 0 spiro atoms. The third-order valence-electron chi connectivity index (χ3n) is 2.61. The van der Waals surface area contributed by atoms with Gasteiger partial charge in [-0.25, -0.2) is 0 Å². The summed E-state index contributed by atoms with van der Waals surface area (Å²) in [4.78, 5) is 11.0. The fraction of sp³-hybridized carbons (Fsp3) is 0.700. The summed E-state index contributed by atoms with van der Waals surface area (Å²) in [6.07, 6.45) is 4.46. The molecule has 0 amide bonds. The van der Waals surface area contributed by atoms with Crippen LogP contribution in [-0.2, 0) is 4.79 Å². The van der Waals surface area contributed by atoms with E-state index in [2.05, 4.69) is 0 Å². The van der Waals surface area contributed by atoms with E-state index in [1.807, 2.05) is 20.8 Å². The molecule has 12 heavy (non-hydrogen) atoms. The Morgan fingerprint density at radius 3 is 2.42 bits per heavy atom. The van der Waals surface area contributed by atoms with Crippen molar-refractivity contribution in [1.82, 2.24) is 0 Å². The monoisotopic (exact) mass is 170 g/mol. The third-order valence-corrected chi connectivity index (χ3v) is 2.61. The lowest BCUT2D eigenvalue weighted by atomic mass is 9.76. The van der Waals surface area contributed by atoms with E-state index in [4.69, 9.17) is 5.11 Å². The van der Waals surface area contributed by atoms with Crippen molar-refractivity contribution in [2.24, 2.45) is 11.3 Å². The predicted octanol–water partition coefficient (Wildman–Crippen LogP) is 2.70. The molecule has 0 aromatic carbocycles. The smallest absolute Gasteiger partial charge is 0.313 e. The number of rotatable bonds is 4. The quantitative estimate of drug-likeness (QED) is 0.659. The van der Waals surface area contributed by atoms with E-state index in [0.29, 0.717) is 0 Å². The fourth-order valence-corrected chi connectivity index (χ4v) is 1.22. The molecular formula is C10H18O2. The lowest BCUT2D eigenvalue weighted by molar-refractivity contribution is -0.147. The second-order valence-corrected chi connectivity index (χ2v) is 3.40. The molecule has 0 aromatic rings. The van der Waals surface area contributed by atoms with Gasteiger partial charge in [0, 0.05) is 0 Å². The van der Waals surface area contributed by atoms with Crippen LogP contribution in [0.2, 0.25) is 0 Å². The predicted molar refractivity (Wildman–Crippen MR) is 50.0 cm³/mol. The van der Waals surface area contributed by atoms with Gasteiger partial charge < -0.3 is 5.11 Å². The van der Waals surface area contributed by atoms with Gasteiger partial charge in [0.15, 0.2) is 0 Å². The SMILES string of the molecule is C/C=C/[C@@](C)(C(=O)O)[C@H](C)CC. The zero-order valence-electron chi connectivity index (χ0n) is 8.29. The van der Waals surface area contributed by atoms with Crippen LogP contribution >= 0.6 is 0 Å². The van der Waals surface area contributed by atoms with Crippen molar-refractivity contribution in [2.75, 3.05) is 0 Å². The highest BCUT2D eigenvalue weighted by molar-refractivity contribution is 5.76. The van der Waals surface area contributed by atoms with Crippen molar-refractivity contribution in [3.63, 3.8) is 0 Å². The van der Waals surface area contributed by atoms with Crippen molar-refractivity contribution in [2.45, 2.75) is 34.1 Å². The lowest BCUT2D eigenvalue weighted by Gasteiger charge is -2.27. The van der Waals surface area contributed by atoms with Gasteiger partial charge in [0.05, 0.1) is 5.41 Å². The maximum atomic E-state index is 11.0. The largest absolute Gasteiger partial charge is 0.481 e. The second kappa shape index (κ2) is 4.29. The fourth-order valence-electron chi connectivity index (χ4n) is 1.22. The summed E-state index contributed by atoms with van der Waals surface area (Å²) in [6.45, 7) is 7.59. The van der Waals surface area contributed by atoms with Crippen LogP contribution in [0.3, 0.4) is 0 Å². The Kier molecular flexibility index (Phi) is 4.01. The van der Waals surface area contributed by atoms with Crippen molar-refractivity contribution in [1.29, 1.82) is 0 Å². The molecule has 0 aromatic heterocycles. The van der Waals surface area contributed by atoms with Crippen molar-refractivity contribution in [3.05, 3.63) is 12.2 Å². The normalized spacial score (nSPS) is 19.0. The van der Waals surface area contributed by atoms with Crippen molar-refractivity contribution in [3.8, 4) is 0 Å². The van der Waals surface area contributed by atoms with Gasteiger partial charge in [0.25, 0.3) is 0 Å². The number of carboxylic acid groups (broad SMARTS) is 1. The Bertz CT molecular complexity index is 184. The molecule has 0 aliphatic carbocycles. The first-order chi connectivity index (χ1) is 5.49. The van der Waals surface area contributed by atoms with E-state index < -0.39 is 11.4 Å². The van der Waals surface area contributed by atoms with Gasteiger partial charge in [0.1, 0.15) is 0 Å². The molecule has 0 radical (unpaired) electrons. The summed E-state index contributed by atoms with van der Waals surface area (Å²) in [6, 6.07) is 0. The Morgan fingerprint density at radius 2 is 2.17 bits per heavy atom. The summed E-state index contributed by atoms with van der Waals surface area (Å²) < 4.78 is 0. The van der Waals surface area contributed by atoms with Gasteiger partial charge in [-0.05, 0) is 19.8 Å². The van der Waals surface area contributed by atoms with Gasteiger partial charge >= 0.3 is 5.97 Å². The molecule has 0 aliphatic heterocycles. The number of carboxylic acids is 1. The first-order valence-electron chi connectivity index (χ1n) is 4.36. The van der Waals surface area contributed by atoms with Gasteiger partial charge in [-0.3, -0.25) is 4.79 Å². The van der Waals surface area contributed by atoms with E-state index in [1.54, 1.807) is 19.1 Å². The topological polar surface area (TPSA) is 37.3 Å². The van der Waals surface area contributed by atoms with Gasteiger partial charge in [-0.1, -0.05) is 32.4 Å². The average Bonchev–Trinajstić information content (AvgIpc) is 2.03. The number of hydrogen-bond donors (Lipinski definition) is 1. The molecule has 0 aliphatic rings. The lowest BCUT2D eigenvalue weighted by Crippen LogP contribution is -2.32. The van der Waals surface area contributed by atoms with Gasteiger partial charge in [-0.15, -0.1) is 0 Å². The molecule has 0 heterocycles. The Morgan fingerprint density at radius 1 is 1.67 bits per heavy atom. The zero-order chi connectivity index (χ0) is 9.78. The van der Waals surface area contributed by atoms with E-state index in [1.165, 1.54) is 0 Å². The standard InChI is InChI=1S/C10H18O2/c1-5-7-10(4,9(11)12)8(3)6-2/h5,7-8H,6H2,1-4H3,(H,11,12)/b7-5+/t8-,10-/m1/s1. The molecule has 0 saturated carbocycles. The van der Waals surface area contributed by atoms with Crippen LogP contribution in [0.4, 0.5) is 0 Å². The molecule has 2 atom stereocenters. The van der Waals surface area contributed by atoms with Crippen LogP contribution in [0.5, 0.6) is 0 Å². The number of allylic oxidation sites excluding steroid dienone is 1. The molecule has 2 heteroatoms. The molecule has 1 N–H and O–H groups in total. The van der Waals surface area contributed by atoms with Crippen LogP contribution < -0.4 is 0 Å². The molecule has 0 saturated heterocycles. The Labute approximate surface area is 74.3 Å². The van der Waals surface area contributed by atoms with E-state index in [0.717, 1.165) is 6.42 Å². The minimum atomic E-state index is -0.741. The first-order valence-corrected chi connectivity index (χ1v) is 4.36. The highest BCUT2D eigenvalue weighted by Gasteiger charge is 2.34. The minimum absolute atomic E-state index is 0.172. The number of carbonyl (C=O) groups is 1. The van der Waals surface area contributed by atoms with E-state index >= 15 is 0 Å². The molecule has 0 fully saturated rings. The molecule has 0 bridgehead atoms. The average molecular weight is 170 g/mol. The molecule has 70 valence electrons. The second-order valence-electron chi connectivity index (χ2n) is 3.40. The van der Waals surface area contributed by atoms with E-state index in [9.17, 15) is 4.79 Å². The summed E-state index contributed by atoms with van der Waals surface area (Å²) >= 11 is 0. The molecule has 0 rings (SSSR count).